The molecule has 146 valence electrons. The van der Waals surface area contributed by atoms with E-state index in [-0.39, 0.29) is 11.3 Å². The van der Waals surface area contributed by atoms with E-state index in [1.807, 2.05) is 19.0 Å². The lowest BCUT2D eigenvalue weighted by molar-refractivity contribution is -0.139. The third kappa shape index (κ3) is 4.08. The Morgan fingerprint density at radius 3 is 2.39 bits per heavy atom. The average Bonchev–Trinajstić information content (AvgIpc) is 2.93. The highest BCUT2D eigenvalue weighted by molar-refractivity contribution is 6.46. The van der Waals surface area contributed by atoms with E-state index in [0.717, 1.165) is 12.1 Å². The number of pyridine rings is 1. The molecule has 3 rings (SSSR count). The lowest BCUT2D eigenvalue weighted by Gasteiger charge is -2.26. The normalized spacial score (nSPS) is 18.9. The van der Waals surface area contributed by atoms with Gasteiger partial charge in [0.15, 0.2) is 0 Å². The lowest BCUT2D eigenvalue weighted by Crippen LogP contribution is -2.32. The Morgan fingerprint density at radius 1 is 1.14 bits per heavy atom. The molecule has 2 aromatic rings. The summed E-state index contributed by atoms with van der Waals surface area (Å²) in [5, 5.41) is 11.4. The van der Waals surface area contributed by atoms with Crippen LogP contribution in [0.25, 0.3) is 5.76 Å². The van der Waals surface area contributed by atoms with Crippen LogP contribution in [0.15, 0.2) is 54.4 Å². The fraction of sp³-hybridized carbons (Fsp3) is 0.286. The fourth-order valence-electron chi connectivity index (χ4n) is 3.32. The predicted octanol–water partition coefficient (Wildman–Crippen LogP) is 3.11. The van der Waals surface area contributed by atoms with Crippen LogP contribution in [-0.2, 0) is 9.59 Å². The lowest BCUT2D eigenvalue weighted by atomic mass is 9.95. The van der Waals surface area contributed by atoms with Crippen molar-refractivity contribution in [2.45, 2.75) is 12.5 Å². The average molecular weight is 400 g/mol. The van der Waals surface area contributed by atoms with Crippen LogP contribution in [-0.4, -0.2) is 58.8 Å². The number of rotatable bonds is 6. The number of aliphatic hydroxyl groups excluding tert-OH is 1. The summed E-state index contributed by atoms with van der Waals surface area (Å²) >= 11 is 6.00. The third-order valence-electron chi connectivity index (χ3n) is 4.68. The Kier molecular flexibility index (Phi) is 6.11. The number of carbonyl (C=O) groups is 2. The standard InChI is InChI=1S/C21H22ClN3O3/c1-24(2)12-3-13-25-18(14-4-6-16(22)7-5-14)17(20(27)21(25)28)19(26)15-8-10-23-11-9-15/h4-11,18,26H,3,12-13H2,1-2H3/b19-17-. The minimum absolute atomic E-state index is 0.0865. The van der Waals surface area contributed by atoms with Crippen molar-refractivity contribution in [1.29, 1.82) is 0 Å². The highest BCUT2D eigenvalue weighted by atomic mass is 35.5. The molecule has 1 N–H and O–H groups in total. The van der Waals surface area contributed by atoms with Crippen molar-refractivity contribution in [2.75, 3.05) is 27.2 Å². The number of amides is 1. The van der Waals surface area contributed by atoms with Crippen molar-refractivity contribution in [1.82, 2.24) is 14.8 Å². The highest BCUT2D eigenvalue weighted by Crippen LogP contribution is 2.39. The Labute approximate surface area is 169 Å². The molecule has 1 saturated heterocycles. The van der Waals surface area contributed by atoms with Gasteiger partial charge in [0.25, 0.3) is 11.7 Å². The number of likely N-dealkylation sites (tertiary alicyclic amines) is 1. The van der Waals surface area contributed by atoms with Crippen molar-refractivity contribution in [3.63, 3.8) is 0 Å². The number of aromatic nitrogens is 1. The fourth-order valence-corrected chi connectivity index (χ4v) is 3.45. The van der Waals surface area contributed by atoms with Crippen molar-refractivity contribution >= 4 is 29.1 Å². The van der Waals surface area contributed by atoms with Gasteiger partial charge in [-0.25, -0.2) is 0 Å². The molecule has 1 atom stereocenters. The van der Waals surface area contributed by atoms with Crippen LogP contribution < -0.4 is 0 Å². The van der Waals surface area contributed by atoms with Crippen molar-refractivity contribution in [3.05, 3.63) is 70.5 Å². The molecule has 0 radical (unpaired) electrons. The van der Waals surface area contributed by atoms with Crippen LogP contribution in [0.3, 0.4) is 0 Å². The topological polar surface area (TPSA) is 73.7 Å². The first-order chi connectivity index (χ1) is 13.4. The molecule has 0 spiro atoms. The maximum absolute atomic E-state index is 12.8. The van der Waals surface area contributed by atoms with E-state index in [2.05, 4.69) is 4.98 Å². The summed E-state index contributed by atoms with van der Waals surface area (Å²) < 4.78 is 0. The summed E-state index contributed by atoms with van der Waals surface area (Å²) in [5.41, 5.74) is 1.26. The summed E-state index contributed by atoms with van der Waals surface area (Å²) in [7, 11) is 3.91. The van der Waals surface area contributed by atoms with Gasteiger partial charge >= 0.3 is 0 Å². The molecular formula is C21H22ClN3O3. The molecule has 2 heterocycles. The first kappa shape index (κ1) is 20.0. The van der Waals surface area contributed by atoms with Gasteiger partial charge in [0.2, 0.25) is 0 Å². The van der Waals surface area contributed by atoms with E-state index in [1.165, 1.54) is 17.3 Å². The molecule has 0 bridgehead atoms. The number of benzene rings is 1. The van der Waals surface area contributed by atoms with E-state index < -0.39 is 17.7 Å². The third-order valence-corrected chi connectivity index (χ3v) is 4.94. The quantitative estimate of drug-likeness (QED) is 0.459. The van der Waals surface area contributed by atoms with E-state index in [9.17, 15) is 14.7 Å². The molecular weight excluding hydrogens is 378 g/mol. The number of carbonyl (C=O) groups excluding carboxylic acids is 2. The van der Waals surface area contributed by atoms with Crippen molar-refractivity contribution in [2.24, 2.45) is 0 Å². The first-order valence-electron chi connectivity index (χ1n) is 8.99. The zero-order valence-corrected chi connectivity index (χ0v) is 16.6. The Bertz CT molecular complexity index is 895. The molecule has 0 aliphatic carbocycles. The van der Waals surface area contributed by atoms with Crippen LogP contribution in [0.2, 0.25) is 5.02 Å². The van der Waals surface area contributed by atoms with Crippen LogP contribution >= 0.6 is 11.6 Å². The molecule has 6 nitrogen and oxygen atoms in total. The molecule has 1 aromatic heterocycles. The second-order valence-electron chi connectivity index (χ2n) is 6.94. The molecule has 1 unspecified atom stereocenters. The summed E-state index contributed by atoms with van der Waals surface area (Å²) in [6, 6.07) is 9.52. The number of ketones is 1. The summed E-state index contributed by atoms with van der Waals surface area (Å²) in [6.45, 7) is 1.18. The minimum atomic E-state index is -0.681. The summed E-state index contributed by atoms with van der Waals surface area (Å²) in [4.78, 5) is 33.1. The molecule has 0 saturated carbocycles. The van der Waals surface area contributed by atoms with Gasteiger partial charge in [-0.2, -0.15) is 0 Å². The summed E-state index contributed by atoms with van der Waals surface area (Å²) in [5.74, 6) is -1.48. The monoisotopic (exact) mass is 399 g/mol. The van der Waals surface area contributed by atoms with Crippen LogP contribution in [0, 0.1) is 0 Å². The molecule has 1 amide bonds. The van der Waals surface area contributed by atoms with Crippen LogP contribution in [0.1, 0.15) is 23.6 Å². The highest BCUT2D eigenvalue weighted by Gasteiger charge is 2.45. The Hall–Kier alpha value is -2.70. The SMILES string of the molecule is CN(C)CCCN1C(=O)C(=O)/C(=C(\O)c2ccncc2)C1c1ccc(Cl)cc1. The number of Topliss-reactive ketones (excluding diaryl/α,β-unsaturated/α-hetero) is 1. The van der Waals surface area contributed by atoms with E-state index in [1.54, 1.807) is 36.4 Å². The summed E-state index contributed by atoms with van der Waals surface area (Å²) in [6.07, 6.45) is 3.76. The number of nitrogens with zero attached hydrogens (tertiary/aromatic N) is 3. The Morgan fingerprint density at radius 2 is 1.79 bits per heavy atom. The van der Waals surface area contributed by atoms with Gasteiger partial charge in [0.1, 0.15) is 5.76 Å². The van der Waals surface area contributed by atoms with Gasteiger partial charge in [0, 0.05) is 29.5 Å². The molecule has 1 aromatic carbocycles. The Balaban J connectivity index is 2.07. The smallest absolute Gasteiger partial charge is 0.295 e. The number of halogens is 1. The molecule has 1 fully saturated rings. The minimum Gasteiger partial charge on any atom is -0.507 e. The van der Waals surface area contributed by atoms with Gasteiger partial charge < -0.3 is 14.9 Å². The predicted molar refractivity (Wildman–Crippen MR) is 108 cm³/mol. The van der Waals surface area contributed by atoms with E-state index in [4.69, 9.17) is 11.6 Å². The van der Waals surface area contributed by atoms with Gasteiger partial charge in [-0.05, 0) is 56.9 Å². The van der Waals surface area contributed by atoms with Gasteiger partial charge in [0.05, 0.1) is 11.6 Å². The number of hydrogen-bond donors (Lipinski definition) is 1. The second-order valence-corrected chi connectivity index (χ2v) is 7.37. The number of hydrogen-bond acceptors (Lipinski definition) is 5. The molecule has 1 aliphatic heterocycles. The van der Waals surface area contributed by atoms with Crippen LogP contribution in [0.5, 0.6) is 0 Å². The molecule has 7 heteroatoms. The second kappa shape index (κ2) is 8.54. The maximum Gasteiger partial charge on any atom is 0.295 e. The largest absolute Gasteiger partial charge is 0.507 e. The molecule has 1 aliphatic rings. The first-order valence-corrected chi connectivity index (χ1v) is 9.37. The van der Waals surface area contributed by atoms with Crippen molar-refractivity contribution in [3.8, 4) is 0 Å². The van der Waals surface area contributed by atoms with Crippen LogP contribution in [0.4, 0.5) is 0 Å². The van der Waals surface area contributed by atoms with E-state index in [0.29, 0.717) is 23.6 Å². The van der Waals surface area contributed by atoms with E-state index >= 15 is 0 Å². The maximum atomic E-state index is 12.8. The van der Waals surface area contributed by atoms with Gasteiger partial charge in [-0.3, -0.25) is 14.6 Å². The zero-order chi connectivity index (χ0) is 20.3. The van der Waals surface area contributed by atoms with Gasteiger partial charge in [-0.15, -0.1) is 0 Å². The van der Waals surface area contributed by atoms with Gasteiger partial charge in [-0.1, -0.05) is 23.7 Å². The molecule has 28 heavy (non-hydrogen) atoms. The number of aliphatic hydroxyl groups is 1. The zero-order valence-electron chi connectivity index (χ0n) is 15.8. The van der Waals surface area contributed by atoms with Crippen molar-refractivity contribution < 1.29 is 14.7 Å².